The minimum Gasteiger partial charge on any atom is -0.484 e. The van der Waals surface area contributed by atoms with Gasteiger partial charge in [0.2, 0.25) is 11.7 Å². The molecule has 0 aliphatic heterocycles. The standard InChI is InChI=1S/C28H25F2N5O4S/c1-16(27(32)38)35(21-10-8-20(30)9-11-21)28-34-26(31)25(40-28)24(37)18-4-12-22(13-5-18)39-15-23(36)33-14-17-2-6-19(29)7-3-17/h2-13,16H,14-15,31H2,1H3,(H2,32,38)(H,33,36). The number of ketones is 1. The number of anilines is 3. The molecule has 2 amide bonds. The molecule has 4 rings (SSSR count). The molecule has 9 nitrogen and oxygen atoms in total. The molecule has 1 aromatic heterocycles. The van der Waals surface area contributed by atoms with Crippen molar-refractivity contribution in [2.75, 3.05) is 17.2 Å². The van der Waals surface area contributed by atoms with Gasteiger partial charge < -0.3 is 26.4 Å². The predicted octanol–water partition coefficient (Wildman–Crippen LogP) is 3.94. The van der Waals surface area contributed by atoms with Crippen LogP contribution in [0.1, 0.15) is 27.7 Å². The molecule has 4 aromatic rings. The Bertz CT molecular complexity index is 1510. The summed E-state index contributed by atoms with van der Waals surface area (Å²) in [5, 5.41) is 2.92. The van der Waals surface area contributed by atoms with Gasteiger partial charge in [-0.15, -0.1) is 0 Å². The summed E-state index contributed by atoms with van der Waals surface area (Å²) < 4.78 is 31.9. The summed E-state index contributed by atoms with van der Waals surface area (Å²) in [6, 6.07) is 16.4. The molecule has 0 spiro atoms. The number of aromatic nitrogens is 1. The van der Waals surface area contributed by atoms with E-state index in [2.05, 4.69) is 10.3 Å². The maximum absolute atomic E-state index is 13.5. The lowest BCUT2D eigenvalue weighted by Gasteiger charge is -2.26. The van der Waals surface area contributed by atoms with Gasteiger partial charge in [0.25, 0.3) is 5.91 Å². The van der Waals surface area contributed by atoms with Gasteiger partial charge in [-0.25, -0.2) is 13.8 Å². The Morgan fingerprint density at radius 2 is 1.57 bits per heavy atom. The molecule has 12 heteroatoms. The van der Waals surface area contributed by atoms with E-state index in [1.807, 2.05) is 0 Å². The number of hydrogen-bond acceptors (Lipinski definition) is 8. The van der Waals surface area contributed by atoms with Crippen LogP contribution in [0.25, 0.3) is 0 Å². The zero-order valence-corrected chi connectivity index (χ0v) is 22.1. The van der Waals surface area contributed by atoms with E-state index >= 15 is 0 Å². The van der Waals surface area contributed by atoms with Crippen molar-refractivity contribution in [1.82, 2.24) is 10.3 Å². The first-order valence-corrected chi connectivity index (χ1v) is 12.8. The fraction of sp³-hybridized carbons (Fsp3) is 0.143. The van der Waals surface area contributed by atoms with Gasteiger partial charge in [0.1, 0.15) is 34.1 Å². The number of nitrogens with two attached hydrogens (primary N) is 2. The first-order valence-electron chi connectivity index (χ1n) is 12.0. The van der Waals surface area contributed by atoms with E-state index in [1.165, 1.54) is 53.4 Å². The van der Waals surface area contributed by atoms with E-state index in [0.29, 0.717) is 17.0 Å². The Morgan fingerprint density at radius 1 is 0.975 bits per heavy atom. The molecule has 1 atom stereocenters. The van der Waals surface area contributed by atoms with E-state index in [1.54, 1.807) is 31.2 Å². The minimum absolute atomic E-state index is 0.0352. The Morgan fingerprint density at radius 3 is 2.17 bits per heavy atom. The average molecular weight is 566 g/mol. The monoisotopic (exact) mass is 565 g/mol. The number of hydrogen-bond donors (Lipinski definition) is 3. The van der Waals surface area contributed by atoms with Gasteiger partial charge in [-0.05, 0) is 73.2 Å². The molecule has 0 fully saturated rings. The summed E-state index contributed by atoms with van der Waals surface area (Å²) in [5.74, 6) is -1.91. The first kappa shape index (κ1) is 28.2. The van der Waals surface area contributed by atoms with Crippen LogP contribution >= 0.6 is 11.3 Å². The molecule has 0 saturated heterocycles. The maximum atomic E-state index is 13.5. The Kier molecular flexibility index (Phi) is 8.70. The van der Waals surface area contributed by atoms with Crippen molar-refractivity contribution in [2.45, 2.75) is 19.5 Å². The number of nitrogen functional groups attached to an aromatic ring is 1. The number of amides is 2. The van der Waals surface area contributed by atoms with Gasteiger partial charge in [-0.1, -0.05) is 23.5 Å². The van der Waals surface area contributed by atoms with Gasteiger partial charge in [0.15, 0.2) is 11.7 Å². The third kappa shape index (κ3) is 6.77. The molecule has 40 heavy (non-hydrogen) atoms. The number of carbonyl (C=O) groups excluding carboxylic acids is 3. The molecule has 0 bridgehead atoms. The topological polar surface area (TPSA) is 141 Å². The Labute approximate surface area is 232 Å². The van der Waals surface area contributed by atoms with Gasteiger partial charge >= 0.3 is 0 Å². The highest BCUT2D eigenvalue weighted by Gasteiger charge is 2.27. The van der Waals surface area contributed by atoms with Crippen LogP contribution in [-0.2, 0) is 16.1 Å². The Balaban J connectivity index is 1.42. The second-order valence-corrected chi connectivity index (χ2v) is 9.66. The van der Waals surface area contributed by atoms with Crippen LogP contribution in [0.3, 0.4) is 0 Å². The highest BCUT2D eigenvalue weighted by molar-refractivity contribution is 7.18. The number of halogens is 2. The van der Waals surface area contributed by atoms with E-state index in [-0.39, 0.29) is 40.7 Å². The zero-order valence-electron chi connectivity index (χ0n) is 21.3. The summed E-state index contributed by atoms with van der Waals surface area (Å²) in [6.07, 6.45) is 0. The summed E-state index contributed by atoms with van der Waals surface area (Å²) in [7, 11) is 0. The molecule has 0 aliphatic rings. The highest BCUT2D eigenvalue weighted by atomic mass is 32.1. The number of nitrogens with one attached hydrogen (secondary N) is 1. The normalized spacial score (nSPS) is 11.5. The zero-order chi connectivity index (χ0) is 28.8. The van der Waals surface area contributed by atoms with Gasteiger partial charge in [0.05, 0.1) is 0 Å². The molecule has 5 N–H and O–H groups in total. The van der Waals surface area contributed by atoms with Gasteiger partial charge in [-0.3, -0.25) is 14.4 Å². The number of thiazole rings is 1. The summed E-state index contributed by atoms with van der Waals surface area (Å²) in [5.41, 5.74) is 13.1. The average Bonchev–Trinajstić information content (AvgIpc) is 3.33. The van der Waals surface area contributed by atoms with Crippen LogP contribution in [0.5, 0.6) is 5.75 Å². The fourth-order valence-electron chi connectivity index (χ4n) is 3.65. The van der Waals surface area contributed by atoms with Crippen LogP contribution in [-0.4, -0.2) is 35.2 Å². The van der Waals surface area contributed by atoms with E-state index in [0.717, 1.165) is 16.9 Å². The number of ether oxygens (including phenoxy) is 1. The van der Waals surface area contributed by atoms with E-state index in [4.69, 9.17) is 16.2 Å². The molecule has 0 aliphatic carbocycles. The number of carbonyl (C=O) groups is 3. The van der Waals surface area contributed by atoms with Crippen LogP contribution in [0.15, 0.2) is 72.8 Å². The van der Waals surface area contributed by atoms with Crippen molar-refractivity contribution in [1.29, 1.82) is 0 Å². The number of nitrogens with zero attached hydrogens (tertiary/aromatic N) is 2. The predicted molar refractivity (Wildman–Crippen MR) is 147 cm³/mol. The molecule has 206 valence electrons. The number of rotatable bonds is 11. The van der Waals surface area contributed by atoms with Crippen molar-refractivity contribution < 1.29 is 27.9 Å². The lowest BCUT2D eigenvalue weighted by Crippen LogP contribution is -2.39. The highest BCUT2D eigenvalue weighted by Crippen LogP contribution is 2.36. The van der Waals surface area contributed by atoms with E-state index in [9.17, 15) is 23.2 Å². The molecule has 1 heterocycles. The largest absolute Gasteiger partial charge is 0.484 e. The smallest absolute Gasteiger partial charge is 0.258 e. The molecule has 3 aromatic carbocycles. The third-order valence-corrected chi connectivity index (χ3v) is 6.92. The second-order valence-electron chi connectivity index (χ2n) is 8.68. The SMILES string of the molecule is CC(C(N)=O)N(c1ccc(F)cc1)c1nc(N)c(C(=O)c2ccc(OCC(=O)NCc3ccc(F)cc3)cc2)s1. The molecule has 0 radical (unpaired) electrons. The van der Waals surface area contributed by atoms with Crippen molar-refractivity contribution in [3.05, 3.63) is 100 Å². The van der Waals surface area contributed by atoms with Crippen molar-refractivity contribution in [2.24, 2.45) is 5.73 Å². The molecule has 1 unspecified atom stereocenters. The van der Waals surface area contributed by atoms with Crippen molar-refractivity contribution in [3.63, 3.8) is 0 Å². The number of primary amides is 1. The van der Waals surface area contributed by atoms with Crippen molar-refractivity contribution in [3.8, 4) is 5.75 Å². The third-order valence-electron chi connectivity index (χ3n) is 5.85. The lowest BCUT2D eigenvalue weighted by molar-refractivity contribution is -0.123. The minimum atomic E-state index is -0.858. The van der Waals surface area contributed by atoms with Gasteiger partial charge in [-0.2, -0.15) is 0 Å². The fourth-order valence-corrected chi connectivity index (χ4v) is 4.70. The number of benzene rings is 3. The van der Waals surface area contributed by atoms with Crippen LogP contribution in [0.2, 0.25) is 0 Å². The molecular weight excluding hydrogens is 540 g/mol. The van der Waals surface area contributed by atoms with Crippen molar-refractivity contribution >= 4 is 45.6 Å². The van der Waals surface area contributed by atoms with Gasteiger partial charge in [0, 0.05) is 17.8 Å². The van der Waals surface area contributed by atoms with Crippen LogP contribution in [0, 0.1) is 11.6 Å². The lowest BCUT2D eigenvalue weighted by atomic mass is 10.1. The van der Waals surface area contributed by atoms with Crippen LogP contribution in [0.4, 0.5) is 25.4 Å². The Hall–Kier alpha value is -4.84. The molecular formula is C28H25F2N5O4S. The summed E-state index contributed by atoms with van der Waals surface area (Å²) >= 11 is 0.972. The van der Waals surface area contributed by atoms with E-state index < -0.39 is 23.5 Å². The van der Waals surface area contributed by atoms with Crippen LogP contribution < -0.4 is 26.4 Å². The quantitative estimate of drug-likeness (QED) is 0.234. The summed E-state index contributed by atoms with van der Waals surface area (Å²) in [4.78, 5) is 43.2. The first-order chi connectivity index (χ1) is 19.1. The maximum Gasteiger partial charge on any atom is 0.258 e. The summed E-state index contributed by atoms with van der Waals surface area (Å²) in [6.45, 7) is 1.54. The molecule has 0 saturated carbocycles. The second kappa shape index (κ2) is 12.3.